The van der Waals surface area contributed by atoms with E-state index in [4.69, 9.17) is 9.47 Å². The SMILES string of the molecule is COc1cccc(C(=O)CCC(=O)NCC(=O)NCCN2CCOCC2)c1. The van der Waals surface area contributed by atoms with Crippen molar-refractivity contribution in [3.63, 3.8) is 0 Å². The maximum Gasteiger partial charge on any atom is 0.239 e. The second kappa shape index (κ2) is 11.3. The lowest BCUT2D eigenvalue weighted by molar-refractivity contribution is -0.126. The Balaban J connectivity index is 1.59. The smallest absolute Gasteiger partial charge is 0.239 e. The van der Waals surface area contributed by atoms with Crippen LogP contribution in [-0.2, 0) is 14.3 Å². The van der Waals surface area contributed by atoms with Crippen LogP contribution in [0.4, 0.5) is 0 Å². The van der Waals surface area contributed by atoms with Crippen LogP contribution in [0.2, 0.25) is 0 Å². The molecule has 1 fully saturated rings. The second-order valence-electron chi connectivity index (χ2n) is 6.24. The summed E-state index contributed by atoms with van der Waals surface area (Å²) in [7, 11) is 1.53. The van der Waals surface area contributed by atoms with Gasteiger partial charge in [-0.25, -0.2) is 0 Å². The van der Waals surface area contributed by atoms with Crippen LogP contribution >= 0.6 is 0 Å². The standard InChI is InChI=1S/C19H27N3O5/c1-26-16-4-2-3-15(13-16)17(23)5-6-18(24)21-14-19(25)20-7-8-22-9-11-27-12-10-22/h2-4,13H,5-12,14H2,1H3,(H,20,25)(H,21,24). The molecule has 0 aliphatic carbocycles. The molecule has 1 aliphatic rings. The normalized spacial score (nSPS) is 14.4. The number of hydrogen-bond donors (Lipinski definition) is 2. The number of ether oxygens (including phenoxy) is 2. The van der Waals surface area contributed by atoms with Gasteiger partial charge >= 0.3 is 0 Å². The van der Waals surface area contributed by atoms with E-state index in [0.29, 0.717) is 17.9 Å². The van der Waals surface area contributed by atoms with E-state index in [9.17, 15) is 14.4 Å². The number of nitrogens with zero attached hydrogens (tertiary/aromatic N) is 1. The minimum atomic E-state index is -0.324. The van der Waals surface area contributed by atoms with Gasteiger partial charge in [0.05, 0.1) is 26.9 Å². The second-order valence-corrected chi connectivity index (χ2v) is 6.24. The third-order valence-corrected chi connectivity index (χ3v) is 4.27. The van der Waals surface area contributed by atoms with Crippen LogP contribution in [-0.4, -0.2) is 75.5 Å². The Morgan fingerprint density at radius 2 is 1.89 bits per heavy atom. The molecule has 8 heteroatoms. The lowest BCUT2D eigenvalue weighted by atomic mass is 10.1. The van der Waals surface area contributed by atoms with E-state index in [0.717, 1.165) is 32.8 Å². The molecule has 27 heavy (non-hydrogen) atoms. The van der Waals surface area contributed by atoms with Gasteiger partial charge in [-0.15, -0.1) is 0 Å². The number of hydrogen-bond acceptors (Lipinski definition) is 6. The van der Waals surface area contributed by atoms with Gasteiger partial charge in [-0.05, 0) is 12.1 Å². The Morgan fingerprint density at radius 1 is 1.11 bits per heavy atom. The lowest BCUT2D eigenvalue weighted by Gasteiger charge is -2.26. The topological polar surface area (TPSA) is 97.0 Å². The Morgan fingerprint density at radius 3 is 2.63 bits per heavy atom. The molecule has 0 unspecified atom stereocenters. The summed E-state index contributed by atoms with van der Waals surface area (Å²) in [6.45, 7) is 4.38. The molecule has 1 aromatic carbocycles. The number of benzene rings is 1. The highest BCUT2D eigenvalue weighted by molar-refractivity contribution is 5.98. The highest BCUT2D eigenvalue weighted by Gasteiger charge is 2.12. The van der Waals surface area contributed by atoms with Gasteiger partial charge in [0.2, 0.25) is 11.8 Å². The van der Waals surface area contributed by atoms with Gasteiger partial charge in [0.25, 0.3) is 0 Å². The number of rotatable bonds is 10. The molecule has 2 amide bonds. The molecule has 0 saturated carbocycles. The maximum absolute atomic E-state index is 12.1. The van der Waals surface area contributed by atoms with Crippen LogP contribution in [0.1, 0.15) is 23.2 Å². The Bertz CT molecular complexity index is 644. The fourth-order valence-corrected chi connectivity index (χ4v) is 2.68. The number of Topliss-reactive ketones (excluding diaryl/α,β-unsaturated/α-hetero) is 1. The zero-order chi connectivity index (χ0) is 19.5. The summed E-state index contributed by atoms with van der Waals surface area (Å²) in [4.78, 5) is 37.9. The van der Waals surface area contributed by atoms with E-state index >= 15 is 0 Å². The summed E-state index contributed by atoms with van der Waals surface area (Å²) in [5.74, 6) is -0.108. The number of morpholine rings is 1. The van der Waals surface area contributed by atoms with Crippen molar-refractivity contribution in [3.05, 3.63) is 29.8 Å². The first-order valence-corrected chi connectivity index (χ1v) is 9.09. The highest BCUT2D eigenvalue weighted by Crippen LogP contribution is 2.14. The van der Waals surface area contributed by atoms with Gasteiger partial charge in [-0.3, -0.25) is 19.3 Å². The van der Waals surface area contributed by atoms with Crippen LogP contribution in [0.3, 0.4) is 0 Å². The fraction of sp³-hybridized carbons (Fsp3) is 0.526. The predicted molar refractivity (Wildman–Crippen MR) is 99.8 cm³/mol. The Labute approximate surface area is 159 Å². The molecule has 1 heterocycles. The van der Waals surface area contributed by atoms with Gasteiger partial charge in [-0.2, -0.15) is 0 Å². The van der Waals surface area contributed by atoms with Crippen LogP contribution in [0.15, 0.2) is 24.3 Å². The summed E-state index contributed by atoms with van der Waals surface area (Å²) < 4.78 is 10.3. The van der Waals surface area contributed by atoms with E-state index in [1.54, 1.807) is 24.3 Å². The van der Waals surface area contributed by atoms with Crippen LogP contribution in [0, 0.1) is 0 Å². The van der Waals surface area contributed by atoms with Gasteiger partial charge in [0.15, 0.2) is 5.78 Å². The predicted octanol–water partition coefficient (Wildman–Crippen LogP) is 0.223. The molecule has 0 bridgehead atoms. The summed E-state index contributed by atoms with van der Waals surface area (Å²) in [6.07, 6.45) is 0.120. The first-order chi connectivity index (χ1) is 13.1. The van der Waals surface area contributed by atoms with Gasteiger partial charge in [0, 0.05) is 44.6 Å². The third kappa shape index (κ3) is 7.76. The first kappa shape index (κ1) is 20.9. The summed E-state index contributed by atoms with van der Waals surface area (Å²) in [6, 6.07) is 6.81. The molecule has 8 nitrogen and oxygen atoms in total. The van der Waals surface area contributed by atoms with E-state index in [1.807, 2.05) is 0 Å². The average Bonchev–Trinajstić information content (AvgIpc) is 2.71. The third-order valence-electron chi connectivity index (χ3n) is 4.27. The quantitative estimate of drug-likeness (QED) is 0.567. The van der Waals surface area contributed by atoms with Crippen LogP contribution in [0.5, 0.6) is 5.75 Å². The molecule has 1 saturated heterocycles. The number of carbonyl (C=O) groups is 3. The van der Waals surface area contributed by atoms with Crippen molar-refractivity contribution >= 4 is 17.6 Å². The number of nitrogens with one attached hydrogen (secondary N) is 2. The molecule has 0 atom stereocenters. The molecule has 148 valence electrons. The maximum atomic E-state index is 12.1. The number of carbonyl (C=O) groups excluding carboxylic acids is 3. The molecule has 2 N–H and O–H groups in total. The Kier molecular flexibility index (Phi) is 8.73. The lowest BCUT2D eigenvalue weighted by Crippen LogP contribution is -2.43. The first-order valence-electron chi connectivity index (χ1n) is 9.09. The zero-order valence-electron chi connectivity index (χ0n) is 15.7. The van der Waals surface area contributed by atoms with Gasteiger partial charge in [0.1, 0.15) is 5.75 Å². The number of amides is 2. The monoisotopic (exact) mass is 377 g/mol. The molecule has 0 aromatic heterocycles. The molecular weight excluding hydrogens is 350 g/mol. The van der Waals surface area contributed by atoms with Crippen molar-refractivity contribution in [2.45, 2.75) is 12.8 Å². The highest BCUT2D eigenvalue weighted by atomic mass is 16.5. The minimum absolute atomic E-state index is 0.0388. The Hall–Kier alpha value is -2.45. The van der Waals surface area contributed by atoms with Crippen molar-refractivity contribution < 1.29 is 23.9 Å². The molecule has 1 aromatic rings. The fourth-order valence-electron chi connectivity index (χ4n) is 2.68. The van der Waals surface area contributed by atoms with Crippen LogP contribution < -0.4 is 15.4 Å². The zero-order valence-corrected chi connectivity index (χ0v) is 15.7. The minimum Gasteiger partial charge on any atom is -0.497 e. The van der Waals surface area contributed by atoms with Gasteiger partial charge < -0.3 is 20.1 Å². The molecule has 1 aliphatic heterocycles. The summed E-state index contributed by atoms with van der Waals surface area (Å²) >= 11 is 0. The van der Waals surface area contributed by atoms with Crippen LogP contribution in [0.25, 0.3) is 0 Å². The number of ketones is 1. The van der Waals surface area contributed by atoms with E-state index in [1.165, 1.54) is 7.11 Å². The van der Waals surface area contributed by atoms with Crippen molar-refractivity contribution in [2.75, 3.05) is 53.0 Å². The summed E-state index contributed by atoms with van der Waals surface area (Å²) in [5, 5.41) is 5.31. The summed E-state index contributed by atoms with van der Waals surface area (Å²) in [5.41, 5.74) is 0.503. The van der Waals surface area contributed by atoms with Crippen molar-refractivity contribution in [2.24, 2.45) is 0 Å². The van der Waals surface area contributed by atoms with E-state index < -0.39 is 0 Å². The van der Waals surface area contributed by atoms with E-state index in [2.05, 4.69) is 15.5 Å². The van der Waals surface area contributed by atoms with Gasteiger partial charge in [-0.1, -0.05) is 12.1 Å². The molecule has 2 rings (SSSR count). The van der Waals surface area contributed by atoms with Crippen molar-refractivity contribution in [1.29, 1.82) is 0 Å². The number of methoxy groups -OCH3 is 1. The molecular formula is C19H27N3O5. The largest absolute Gasteiger partial charge is 0.497 e. The molecule has 0 radical (unpaired) electrons. The van der Waals surface area contributed by atoms with Crippen molar-refractivity contribution in [3.8, 4) is 5.75 Å². The van der Waals surface area contributed by atoms with Crippen molar-refractivity contribution in [1.82, 2.24) is 15.5 Å². The average molecular weight is 377 g/mol. The molecule has 0 spiro atoms. The van der Waals surface area contributed by atoms with E-state index in [-0.39, 0.29) is 37.0 Å².